The summed E-state index contributed by atoms with van der Waals surface area (Å²) < 4.78 is 12.0. The van der Waals surface area contributed by atoms with Gasteiger partial charge >= 0.3 is 7.12 Å². The molecule has 5 nitrogen and oxygen atoms in total. The van der Waals surface area contributed by atoms with E-state index in [0.29, 0.717) is 11.3 Å². The minimum Gasteiger partial charge on any atom is -0.400 e. The Morgan fingerprint density at radius 2 is 1.95 bits per heavy atom. The molecule has 0 amide bonds. The van der Waals surface area contributed by atoms with Gasteiger partial charge in [0.25, 0.3) is 0 Å². The minimum atomic E-state index is -0.526. The van der Waals surface area contributed by atoms with Gasteiger partial charge in [0.2, 0.25) is 0 Å². The molecule has 0 atom stereocenters. The van der Waals surface area contributed by atoms with Crippen LogP contribution in [-0.4, -0.2) is 36.1 Å². The standard InChI is InChI=1S/C15H21BN2O3/c1-14(2)15(3,4)21-16(20-14)12(9-17)8-13-11(10-19)6-5-7-18-13/h5-8,10H,9,17H2,1-4H3. The lowest BCUT2D eigenvalue weighted by atomic mass is 9.77. The van der Waals surface area contributed by atoms with Gasteiger partial charge in [0.15, 0.2) is 6.29 Å². The van der Waals surface area contributed by atoms with E-state index >= 15 is 0 Å². The molecular formula is C15H21BN2O3. The van der Waals surface area contributed by atoms with Crippen molar-refractivity contribution >= 4 is 19.5 Å². The molecule has 1 aromatic heterocycles. The van der Waals surface area contributed by atoms with Crippen molar-refractivity contribution in [3.63, 3.8) is 0 Å². The van der Waals surface area contributed by atoms with Gasteiger partial charge in [-0.05, 0) is 51.4 Å². The minimum absolute atomic E-state index is 0.270. The van der Waals surface area contributed by atoms with Crippen LogP contribution >= 0.6 is 0 Å². The smallest absolute Gasteiger partial charge is 0.400 e. The summed E-state index contributed by atoms with van der Waals surface area (Å²) in [6.45, 7) is 8.21. The third-order valence-electron chi connectivity index (χ3n) is 4.11. The molecule has 0 saturated carbocycles. The summed E-state index contributed by atoms with van der Waals surface area (Å²) in [6.07, 6.45) is 4.18. The highest BCUT2D eigenvalue weighted by atomic mass is 16.7. The number of nitrogens with zero attached hydrogens (tertiary/aromatic N) is 1. The van der Waals surface area contributed by atoms with Crippen molar-refractivity contribution in [2.45, 2.75) is 38.9 Å². The summed E-state index contributed by atoms with van der Waals surface area (Å²) in [5, 5.41) is 0. The lowest BCUT2D eigenvalue weighted by Crippen LogP contribution is -2.41. The van der Waals surface area contributed by atoms with E-state index in [1.54, 1.807) is 24.4 Å². The maximum Gasteiger partial charge on any atom is 0.491 e. The second-order valence-electron chi connectivity index (χ2n) is 6.11. The fourth-order valence-electron chi connectivity index (χ4n) is 2.04. The maximum atomic E-state index is 11.1. The van der Waals surface area contributed by atoms with Crippen LogP contribution < -0.4 is 5.73 Å². The molecule has 0 radical (unpaired) electrons. The molecule has 21 heavy (non-hydrogen) atoms. The van der Waals surface area contributed by atoms with E-state index in [0.717, 1.165) is 11.8 Å². The van der Waals surface area contributed by atoms with Crippen LogP contribution in [0.15, 0.2) is 23.8 Å². The molecule has 0 aromatic carbocycles. The van der Waals surface area contributed by atoms with Crippen molar-refractivity contribution in [2.24, 2.45) is 5.73 Å². The number of aromatic nitrogens is 1. The normalized spacial score (nSPS) is 20.6. The third-order valence-corrected chi connectivity index (χ3v) is 4.11. The van der Waals surface area contributed by atoms with Gasteiger partial charge in [-0.25, -0.2) is 0 Å². The quantitative estimate of drug-likeness (QED) is 0.676. The van der Waals surface area contributed by atoms with Gasteiger partial charge in [0, 0.05) is 18.3 Å². The zero-order valence-electron chi connectivity index (χ0n) is 12.9. The molecule has 2 N–H and O–H groups in total. The lowest BCUT2D eigenvalue weighted by molar-refractivity contribution is 0.00578. The lowest BCUT2D eigenvalue weighted by Gasteiger charge is -2.32. The Labute approximate surface area is 125 Å². The number of carbonyl (C=O) groups is 1. The van der Waals surface area contributed by atoms with Crippen LogP contribution in [0.1, 0.15) is 43.7 Å². The molecule has 0 bridgehead atoms. The molecule has 1 fully saturated rings. The molecule has 2 heterocycles. The largest absolute Gasteiger partial charge is 0.491 e. The van der Waals surface area contributed by atoms with Crippen LogP contribution in [0.2, 0.25) is 0 Å². The summed E-state index contributed by atoms with van der Waals surface area (Å²) in [4.78, 5) is 15.3. The van der Waals surface area contributed by atoms with Crippen LogP contribution in [0.4, 0.5) is 0 Å². The van der Waals surface area contributed by atoms with Crippen molar-refractivity contribution < 1.29 is 14.1 Å². The molecule has 1 saturated heterocycles. The van der Waals surface area contributed by atoms with Crippen molar-refractivity contribution in [1.29, 1.82) is 0 Å². The number of aldehydes is 1. The van der Waals surface area contributed by atoms with Gasteiger partial charge < -0.3 is 15.0 Å². The predicted octanol–water partition coefficient (Wildman–Crippen LogP) is 1.87. The first-order valence-electron chi connectivity index (χ1n) is 6.97. The van der Waals surface area contributed by atoms with Crippen LogP contribution in [-0.2, 0) is 9.31 Å². The van der Waals surface area contributed by atoms with Crippen LogP contribution in [0.3, 0.4) is 0 Å². The van der Waals surface area contributed by atoms with Gasteiger partial charge in [-0.3, -0.25) is 9.78 Å². The van der Waals surface area contributed by atoms with E-state index in [9.17, 15) is 4.79 Å². The van der Waals surface area contributed by atoms with E-state index in [-0.39, 0.29) is 6.54 Å². The number of hydrogen-bond donors (Lipinski definition) is 1. The van der Waals surface area contributed by atoms with Gasteiger partial charge in [-0.2, -0.15) is 0 Å². The Hall–Kier alpha value is -1.50. The summed E-state index contributed by atoms with van der Waals surface area (Å²) in [6, 6.07) is 3.43. The molecule has 1 aliphatic rings. The highest BCUT2D eigenvalue weighted by Crippen LogP contribution is 2.38. The topological polar surface area (TPSA) is 74.4 Å². The molecule has 0 spiro atoms. The molecule has 2 rings (SSSR count). The second kappa shape index (κ2) is 5.71. The van der Waals surface area contributed by atoms with E-state index in [1.807, 2.05) is 27.7 Å². The zero-order valence-corrected chi connectivity index (χ0v) is 12.9. The first-order valence-corrected chi connectivity index (χ1v) is 6.97. The first-order chi connectivity index (χ1) is 9.80. The zero-order chi connectivity index (χ0) is 15.7. The Balaban J connectivity index is 2.33. The van der Waals surface area contributed by atoms with Crippen molar-refractivity contribution in [1.82, 2.24) is 4.98 Å². The molecule has 1 aromatic rings. The summed E-state index contributed by atoms with van der Waals surface area (Å²) in [7, 11) is -0.526. The van der Waals surface area contributed by atoms with Gasteiger partial charge in [-0.15, -0.1) is 0 Å². The van der Waals surface area contributed by atoms with Crippen molar-refractivity contribution in [2.75, 3.05) is 6.54 Å². The average Bonchev–Trinajstić information content (AvgIpc) is 2.65. The number of carbonyl (C=O) groups excluding carboxylic acids is 1. The molecule has 112 valence electrons. The first kappa shape index (κ1) is 15.9. The van der Waals surface area contributed by atoms with Crippen molar-refractivity contribution in [3.05, 3.63) is 35.1 Å². The van der Waals surface area contributed by atoms with Gasteiger partial charge in [0.1, 0.15) is 0 Å². The molecule has 1 aliphatic heterocycles. The van der Waals surface area contributed by atoms with E-state index in [2.05, 4.69) is 4.98 Å². The number of pyridine rings is 1. The molecule has 6 heteroatoms. The monoisotopic (exact) mass is 288 g/mol. The molecule has 0 aliphatic carbocycles. The average molecular weight is 288 g/mol. The van der Waals surface area contributed by atoms with E-state index in [4.69, 9.17) is 15.0 Å². The SMILES string of the molecule is CC1(C)OB(C(=Cc2ncccc2C=O)CN)OC1(C)C. The van der Waals surface area contributed by atoms with Gasteiger partial charge in [0.05, 0.1) is 16.9 Å². The summed E-state index contributed by atoms with van der Waals surface area (Å²) in [5.41, 5.74) is 6.82. The fourth-order valence-corrected chi connectivity index (χ4v) is 2.04. The Kier molecular flexibility index (Phi) is 4.32. The Morgan fingerprint density at radius 1 is 1.33 bits per heavy atom. The summed E-state index contributed by atoms with van der Waals surface area (Å²) >= 11 is 0. The second-order valence-corrected chi connectivity index (χ2v) is 6.11. The Bertz CT molecular complexity index is 554. The molecule has 0 unspecified atom stereocenters. The third kappa shape index (κ3) is 3.07. The van der Waals surface area contributed by atoms with Crippen LogP contribution in [0.5, 0.6) is 0 Å². The van der Waals surface area contributed by atoms with Crippen molar-refractivity contribution in [3.8, 4) is 0 Å². The highest BCUT2D eigenvalue weighted by molar-refractivity contribution is 6.55. The maximum absolute atomic E-state index is 11.1. The predicted molar refractivity (Wildman–Crippen MR) is 82.7 cm³/mol. The molecular weight excluding hydrogens is 267 g/mol. The number of hydrogen-bond acceptors (Lipinski definition) is 5. The fraction of sp³-hybridized carbons (Fsp3) is 0.467. The van der Waals surface area contributed by atoms with Crippen LogP contribution in [0.25, 0.3) is 6.08 Å². The highest BCUT2D eigenvalue weighted by Gasteiger charge is 2.52. The number of rotatable bonds is 4. The van der Waals surface area contributed by atoms with Gasteiger partial charge in [-0.1, -0.05) is 0 Å². The number of nitrogens with two attached hydrogens (primary N) is 1. The Morgan fingerprint density at radius 3 is 2.48 bits per heavy atom. The van der Waals surface area contributed by atoms with Crippen LogP contribution in [0, 0.1) is 0 Å². The summed E-state index contributed by atoms with van der Waals surface area (Å²) in [5.74, 6) is 0. The van der Waals surface area contributed by atoms with E-state index in [1.165, 1.54) is 0 Å². The van der Waals surface area contributed by atoms with E-state index < -0.39 is 18.3 Å².